The largest absolute Gasteiger partial charge is 0.465 e. The van der Waals surface area contributed by atoms with Crippen LogP contribution in [0.1, 0.15) is 6.42 Å². The van der Waals surface area contributed by atoms with Crippen LogP contribution in [0.2, 0.25) is 0 Å². The van der Waals surface area contributed by atoms with Gasteiger partial charge in [0.1, 0.15) is 0 Å². The number of alkyl halides is 1. The van der Waals surface area contributed by atoms with Crippen LogP contribution in [-0.4, -0.2) is 37.0 Å². The van der Waals surface area contributed by atoms with Crippen molar-refractivity contribution in [2.24, 2.45) is 5.92 Å². The standard InChI is InChI=1S/C7H13FN2O2/c8-2-5-1-6(4-9-3-5)10-7(11)12/h5-6,9-10H,1-4H2,(H,11,12). The summed E-state index contributed by atoms with van der Waals surface area (Å²) in [5.41, 5.74) is 0. The van der Waals surface area contributed by atoms with E-state index in [1.165, 1.54) is 0 Å². The van der Waals surface area contributed by atoms with E-state index < -0.39 is 6.09 Å². The molecule has 4 nitrogen and oxygen atoms in total. The molecule has 1 aliphatic rings. The molecule has 70 valence electrons. The molecule has 2 unspecified atom stereocenters. The van der Waals surface area contributed by atoms with Crippen molar-refractivity contribution >= 4 is 6.09 Å². The second-order valence-electron chi connectivity index (χ2n) is 3.06. The van der Waals surface area contributed by atoms with Gasteiger partial charge in [0.2, 0.25) is 0 Å². The number of piperidine rings is 1. The Bertz CT molecular complexity index is 165. The van der Waals surface area contributed by atoms with Crippen LogP contribution in [0, 0.1) is 5.92 Å². The minimum atomic E-state index is -1.04. The van der Waals surface area contributed by atoms with Gasteiger partial charge in [-0.15, -0.1) is 0 Å². The van der Waals surface area contributed by atoms with Crippen molar-refractivity contribution in [1.29, 1.82) is 0 Å². The Morgan fingerprint density at radius 2 is 2.42 bits per heavy atom. The third-order valence-electron chi connectivity index (χ3n) is 1.99. The van der Waals surface area contributed by atoms with Gasteiger partial charge in [0.05, 0.1) is 6.67 Å². The van der Waals surface area contributed by atoms with Crippen molar-refractivity contribution in [2.45, 2.75) is 12.5 Å². The zero-order chi connectivity index (χ0) is 8.97. The summed E-state index contributed by atoms with van der Waals surface area (Å²) in [6.45, 7) is 0.863. The van der Waals surface area contributed by atoms with Gasteiger partial charge in [0.25, 0.3) is 0 Å². The molecule has 2 atom stereocenters. The highest BCUT2D eigenvalue weighted by molar-refractivity contribution is 5.64. The third-order valence-corrected chi connectivity index (χ3v) is 1.99. The Labute approximate surface area is 70.1 Å². The van der Waals surface area contributed by atoms with Crippen molar-refractivity contribution in [2.75, 3.05) is 19.8 Å². The maximum Gasteiger partial charge on any atom is 0.404 e. The maximum absolute atomic E-state index is 12.2. The third kappa shape index (κ3) is 2.65. The van der Waals surface area contributed by atoms with Crippen molar-refractivity contribution < 1.29 is 14.3 Å². The first kappa shape index (κ1) is 9.25. The summed E-state index contributed by atoms with van der Waals surface area (Å²) >= 11 is 0. The van der Waals surface area contributed by atoms with Crippen LogP contribution in [0.15, 0.2) is 0 Å². The zero-order valence-corrected chi connectivity index (χ0v) is 6.72. The number of hydrogen-bond acceptors (Lipinski definition) is 2. The molecule has 0 aromatic heterocycles. The lowest BCUT2D eigenvalue weighted by atomic mass is 9.97. The van der Waals surface area contributed by atoms with Crippen LogP contribution < -0.4 is 10.6 Å². The fourth-order valence-electron chi connectivity index (χ4n) is 1.43. The van der Waals surface area contributed by atoms with Crippen LogP contribution in [-0.2, 0) is 0 Å². The number of carboxylic acid groups (broad SMARTS) is 1. The van der Waals surface area contributed by atoms with E-state index in [-0.39, 0.29) is 18.6 Å². The van der Waals surface area contributed by atoms with E-state index in [0.717, 1.165) is 0 Å². The average molecular weight is 176 g/mol. The Balaban J connectivity index is 2.30. The van der Waals surface area contributed by atoms with Crippen molar-refractivity contribution in [3.05, 3.63) is 0 Å². The number of hydrogen-bond donors (Lipinski definition) is 3. The monoisotopic (exact) mass is 176 g/mol. The van der Waals surface area contributed by atoms with Crippen LogP contribution in [0.25, 0.3) is 0 Å². The summed E-state index contributed by atoms with van der Waals surface area (Å²) < 4.78 is 12.2. The maximum atomic E-state index is 12.2. The summed E-state index contributed by atoms with van der Waals surface area (Å²) in [6, 6.07) is -0.142. The second kappa shape index (κ2) is 4.25. The van der Waals surface area contributed by atoms with E-state index in [2.05, 4.69) is 10.6 Å². The van der Waals surface area contributed by atoms with E-state index >= 15 is 0 Å². The van der Waals surface area contributed by atoms with Crippen molar-refractivity contribution in [1.82, 2.24) is 10.6 Å². The molecule has 1 fully saturated rings. The Kier molecular flexibility index (Phi) is 3.28. The lowest BCUT2D eigenvalue weighted by molar-refractivity contribution is 0.180. The van der Waals surface area contributed by atoms with Gasteiger partial charge in [0.15, 0.2) is 0 Å². The van der Waals surface area contributed by atoms with Crippen LogP contribution in [0.4, 0.5) is 9.18 Å². The fraction of sp³-hybridized carbons (Fsp3) is 0.857. The molecule has 1 heterocycles. The second-order valence-corrected chi connectivity index (χ2v) is 3.06. The number of rotatable bonds is 2. The average Bonchev–Trinajstić information content (AvgIpc) is 2.03. The van der Waals surface area contributed by atoms with Gasteiger partial charge < -0.3 is 15.7 Å². The molecule has 0 aromatic carbocycles. The highest BCUT2D eigenvalue weighted by Crippen LogP contribution is 2.10. The summed E-state index contributed by atoms with van der Waals surface area (Å²) in [6.07, 6.45) is -0.447. The molecule has 1 saturated heterocycles. The number of halogens is 1. The molecule has 0 radical (unpaired) electrons. The van der Waals surface area contributed by atoms with Gasteiger partial charge in [-0.1, -0.05) is 0 Å². The summed E-state index contributed by atoms with van der Waals surface area (Å²) in [4.78, 5) is 10.2. The van der Waals surface area contributed by atoms with Gasteiger partial charge in [-0.05, 0) is 6.42 Å². The number of nitrogens with one attached hydrogen (secondary N) is 2. The number of amides is 1. The van der Waals surface area contributed by atoms with Gasteiger partial charge in [-0.3, -0.25) is 4.39 Å². The summed E-state index contributed by atoms with van der Waals surface area (Å²) in [5, 5.41) is 13.7. The Morgan fingerprint density at radius 3 is 3.00 bits per heavy atom. The molecule has 0 aliphatic carbocycles. The molecule has 1 amide bonds. The van der Waals surface area contributed by atoms with Crippen LogP contribution in [0.3, 0.4) is 0 Å². The molecule has 3 N–H and O–H groups in total. The van der Waals surface area contributed by atoms with Gasteiger partial charge >= 0.3 is 6.09 Å². The first-order valence-electron chi connectivity index (χ1n) is 3.98. The van der Waals surface area contributed by atoms with E-state index in [9.17, 15) is 9.18 Å². The quantitative estimate of drug-likeness (QED) is 0.563. The van der Waals surface area contributed by atoms with Gasteiger partial charge in [0, 0.05) is 25.0 Å². The molecule has 12 heavy (non-hydrogen) atoms. The van der Waals surface area contributed by atoms with E-state index in [1.807, 2.05) is 0 Å². The molecule has 1 aliphatic heterocycles. The lowest BCUT2D eigenvalue weighted by Crippen LogP contribution is -2.48. The topological polar surface area (TPSA) is 61.4 Å². The Morgan fingerprint density at radius 1 is 1.67 bits per heavy atom. The summed E-state index contributed by atoms with van der Waals surface area (Å²) in [5.74, 6) is -0.0457. The number of carbonyl (C=O) groups is 1. The highest BCUT2D eigenvalue weighted by atomic mass is 19.1. The zero-order valence-electron chi connectivity index (χ0n) is 6.72. The summed E-state index contributed by atoms with van der Waals surface area (Å²) in [7, 11) is 0. The van der Waals surface area contributed by atoms with E-state index in [0.29, 0.717) is 19.5 Å². The van der Waals surface area contributed by atoms with E-state index in [4.69, 9.17) is 5.11 Å². The minimum Gasteiger partial charge on any atom is -0.465 e. The molecule has 0 saturated carbocycles. The highest BCUT2D eigenvalue weighted by Gasteiger charge is 2.22. The molecule has 0 spiro atoms. The molecule has 0 aromatic rings. The van der Waals surface area contributed by atoms with Gasteiger partial charge in [-0.2, -0.15) is 0 Å². The van der Waals surface area contributed by atoms with E-state index in [1.54, 1.807) is 0 Å². The van der Waals surface area contributed by atoms with Crippen LogP contribution >= 0.6 is 0 Å². The molecule has 5 heteroatoms. The first-order chi connectivity index (χ1) is 5.72. The lowest BCUT2D eigenvalue weighted by Gasteiger charge is -2.27. The van der Waals surface area contributed by atoms with Crippen molar-refractivity contribution in [3.63, 3.8) is 0 Å². The first-order valence-corrected chi connectivity index (χ1v) is 3.98. The van der Waals surface area contributed by atoms with Gasteiger partial charge in [-0.25, -0.2) is 4.79 Å². The van der Waals surface area contributed by atoms with Crippen LogP contribution in [0.5, 0.6) is 0 Å². The Hall–Kier alpha value is -0.840. The van der Waals surface area contributed by atoms with Crippen molar-refractivity contribution in [3.8, 4) is 0 Å². The molecule has 0 bridgehead atoms. The molecule has 1 rings (SSSR count). The predicted molar refractivity (Wildman–Crippen MR) is 41.9 cm³/mol. The predicted octanol–water partition coefficient (Wildman–Crippen LogP) is 0.202. The normalized spacial score (nSPS) is 29.8. The minimum absolute atomic E-state index is 0.0457. The SMILES string of the molecule is O=C(O)NC1CNCC(CF)C1. The smallest absolute Gasteiger partial charge is 0.404 e. The molecular weight excluding hydrogens is 163 g/mol. The molecular formula is C7H13FN2O2. The fourth-order valence-corrected chi connectivity index (χ4v) is 1.43.